The van der Waals surface area contributed by atoms with Gasteiger partial charge < -0.3 is 15.2 Å². The van der Waals surface area contributed by atoms with Gasteiger partial charge in [0.1, 0.15) is 0 Å². The fraction of sp³-hybridized carbons (Fsp3) is 0.833. The quantitative estimate of drug-likeness (QED) is 0.777. The molecule has 0 spiro atoms. The van der Waals surface area contributed by atoms with Crippen LogP contribution in [0.3, 0.4) is 0 Å². The summed E-state index contributed by atoms with van der Waals surface area (Å²) in [6, 6.07) is 0.107. The fourth-order valence-corrected chi connectivity index (χ4v) is 1.88. The lowest BCUT2D eigenvalue weighted by atomic mass is 9.89. The number of carboxylic acid groups (broad SMARTS) is 1. The van der Waals surface area contributed by atoms with Crippen LogP contribution in [0.5, 0.6) is 0 Å². The Balaban J connectivity index is 2.41. The van der Waals surface area contributed by atoms with Crippen LogP contribution >= 0.6 is 0 Å². The van der Waals surface area contributed by atoms with Crippen LogP contribution in [0.1, 0.15) is 40.0 Å². The lowest BCUT2D eigenvalue weighted by molar-refractivity contribution is -0.149. The van der Waals surface area contributed by atoms with E-state index in [4.69, 9.17) is 9.84 Å². The molecule has 0 aromatic heterocycles. The summed E-state index contributed by atoms with van der Waals surface area (Å²) in [5, 5.41) is 11.8. The summed E-state index contributed by atoms with van der Waals surface area (Å²) in [4.78, 5) is 22.6. The van der Waals surface area contributed by atoms with Gasteiger partial charge >= 0.3 is 5.97 Å². The van der Waals surface area contributed by atoms with E-state index >= 15 is 0 Å². The van der Waals surface area contributed by atoms with Crippen molar-refractivity contribution in [1.29, 1.82) is 0 Å². The van der Waals surface area contributed by atoms with Crippen LogP contribution in [0.4, 0.5) is 0 Å². The summed E-state index contributed by atoms with van der Waals surface area (Å²) in [6.45, 7) is 5.73. The summed E-state index contributed by atoms with van der Waals surface area (Å²) in [6.07, 6.45) is 1.75. The van der Waals surface area contributed by atoms with Crippen molar-refractivity contribution in [2.24, 2.45) is 5.41 Å². The van der Waals surface area contributed by atoms with Crippen LogP contribution in [0.2, 0.25) is 0 Å². The smallest absolute Gasteiger partial charge is 0.309 e. The second-order valence-corrected chi connectivity index (χ2v) is 5.34. The molecule has 0 bridgehead atoms. The van der Waals surface area contributed by atoms with E-state index in [1.165, 1.54) is 0 Å². The third-order valence-electron chi connectivity index (χ3n) is 3.03. The Hall–Kier alpha value is -1.10. The number of nitrogens with one attached hydrogen (secondary N) is 1. The largest absolute Gasteiger partial charge is 0.481 e. The number of amides is 1. The molecule has 1 amide bonds. The molecule has 1 aliphatic rings. The van der Waals surface area contributed by atoms with Crippen molar-refractivity contribution in [3.63, 3.8) is 0 Å². The number of ether oxygens (including phenoxy) is 1. The molecular formula is C12H21NO4. The maximum atomic E-state index is 11.7. The molecule has 98 valence electrons. The molecule has 17 heavy (non-hydrogen) atoms. The topological polar surface area (TPSA) is 75.6 Å². The highest BCUT2D eigenvalue weighted by Gasteiger charge is 2.31. The molecule has 1 fully saturated rings. The highest BCUT2D eigenvalue weighted by Crippen LogP contribution is 2.21. The zero-order valence-corrected chi connectivity index (χ0v) is 10.7. The highest BCUT2D eigenvalue weighted by molar-refractivity contribution is 5.84. The van der Waals surface area contributed by atoms with Gasteiger partial charge in [-0.3, -0.25) is 9.59 Å². The number of carboxylic acids is 1. The summed E-state index contributed by atoms with van der Waals surface area (Å²) < 4.78 is 5.38. The lowest BCUT2D eigenvalue weighted by Gasteiger charge is -2.29. The Kier molecular flexibility index (Phi) is 4.51. The molecule has 2 atom stereocenters. The average molecular weight is 243 g/mol. The number of hydrogen-bond donors (Lipinski definition) is 2. The minimum Gasteiger partial charge on any atom is -0.481 e. The van der Waals surface area contributed by atoms with Gasteiger partial charge in [0.25, 0.3) is 0 Å². The van der Waals surface area contributed by atoms with E-state index < -0.39 is 11.4 Å². The molecule has 0 aromatic carbocycles. The van der Waals surface area contributed by atoms with Gasteiger partial charge in [-0.25, -0.2) is 0 Å². The summed E-state index contributed by atoms with van der Waals surface area (Å²) in [5.41, 5.74) is -1.01. The number of carbonyl (C=O) groups is 2. The maximum absolute atomic E-state index is 11.7. The van der Waals surface area contributed by atoms with E-state index in [1.807, 2.05) is 6.92 Å². The SMILES string of the molecule is CC1CC(NC(=O)CC(C)(C)C(=O)O)CCO1. The Morgan fingerprint density at radius 1 is 1.47 bits per heavy atom. The molecule has 0 saturated carbocycles. The van der Waals surface area contributed by atoms with Gasteiger partial charge in [0.15, 0.2) is 0 Å². The van der Waals surface area contributed by atoms with Crippen molar-refractivity contribution in [2.75, 3.05) is 6.61 Å². The van der Waals surface area contributed by atoms with Gasteiger partial charge in [-0.15, -0.1) is 0 Å². The summed E-state index contributed by atoms with van der Waals surface area (Å²) in [7, 11) is 0. The van der Waals surface area contributed by atoms with E-state index in [0.29, 0.717) is 6.61 Å². The van der Waals surface area contributed by atoms with E-state index in [2.05, 4.69) is 5.32 Å². The van der Waals surface area contributed by atoms with Gasteiger partial charge in [0.05, 0.1) is 11.5 Å². The summed E-state index contributed by atoms with van der Waals surface area (Å²) in [5.74, 6) is -1.15. The molecule has 1 aliphatic heterocycles. The highest BCUT2D eigenvalue weighted by atomic mass is 16.5. The first-order valence-electron chi connectivity index (χ1n) is 5.95. The van der Waals surface area contributed by atoms with E-state index in [0.717, 1.165) is 12.8 Å². The van der Waals surface area contributed by atoms with E-state index in [1.54, 1.807) is 13.8 Å². The van der Waals surface area contributed by atoms with Crippen molar-refractivity contribution >= 4 is 11.9 Å². The van der Waals surface area contributed by atoms with Crippen LogP contribution < -0.4 is 5.32 Å². The number of rotatable bonds is 4. The average Bonchev–Trinajstić information content (AvgIpc) is 2.15. The zero-order valence-electron chi connectivity index (χ0n) is 10.7. The third kappa shape index (κ3) is 4.34. The Bertz CT molecular complexity index is 301. The first-order valence-corrected chi connectivity index (χ1v) is 5.95. The van der Waals surface area contributed by atoms with Crippen LogP contribution in [-0.4, -0.2) is 35.7 Å². The van der Waals surface area contributed by atoms with Gasteiger partial charge in [-0.2, -0.15) is 0 Å². The lowest BCUT2D eigenvalue weighted by Crippen LogP contribution is -2.43. The molecule has 5 heteroatoms. The van der Waals surface area contributed by atoms with Crippen molar-refractivity contribution in [2.45, 2.75) is 52.2 Å². The normalized spacial score (nSPS) is 25.4. The molecule has 0 radical (unpaired) electrons. The molecule has 1 heterocycles. The van der Waals surface area contributed by atoms with Crippen LogP contribution in [0.25, 0.3) is 0 Å². The Labute approximate surface area is 102 Å². The number of carbonyl (C=O) groups excluding carboxylic acids is 1. The van der Waals surface area contributed by atoms with Crippen molar-refractivity contribution in [3.8, 4) is 0 Å². The third-order valence-corrected chi connectivity index (χ3v) is 3.03. The summed E-state index contributed by atoms with van der Waals surface area (Å²) >= 11 is 0. The fourth-order valence-electron chi connectivity index (χ4n) is 1.88. The van der Waals surface area contributed by atoms with Crippen molar-refractivity contribution < 1.29 is 19.4 Å². The van der Waals surface area contributed by atoms with Crippen molar-refractivity contribution in [3.05, 3.63) is 0 Å². The predicted molar refractivity (Wildman–Crippen MR) is 62.6 cm³/mol. The van der Waals surface area contributed by atoms with Gasteiger partial charge in [-0.05, 0) is 33.6 Å². The first kappa shape index (κ1) is 14.0. The maximum Gasteiger partial charge on any atom is 0.309 e. The van der Waals surface area contributed by atoms with E-state index in [9.17, 15) is 9.59 Å². The molecular weight excluding hydrogens is 222 g/mol. The van der Waals surface area contributed by atoms with Gasteiger partial charge in [0, 0.05) is 19.1 Å². The Morgan fingerprint density at radius 3 is 2.65 bits per heavy atom. The van der Waals surface area contributed by atoms with Crippen molar-refractivity contribution in [1.82, 2.24) is 5.32 Å². The van der Waals surface area contributed by atoms with Gasteiger partial charge in [0.2, 0.25) is 5.91 Å². The van der Waals surface area contributed by atoms with Gasteiger partial charge in [-0.1, -0.05) is 0 Å². The minimum absolute atomic E-state index is 0.00801. The van der Waals surface area contributed by atoms with Crippen LogP contribution in [-0.2, 0) is 14.3 Å². The molecule has 1 saturated heterocycles. The number of hydrogen-bond acceptors (Lipinski definition) is 3. The molecule has 2 N–H and O–H groups in total. The van der Waals surface area contributed by atoms with Crippen LogP contribution in [0, 0.1) is 5.41 Å². The Morgan fingerprint density at radius 2 is 2.12 bits per heavy atom. The van der Waals surface area contributed by atoms with E-state index in [-0.39, 0.29) is 24.5 Å². The standard InChI is InChI=1S/C12H21NO4/c1-8-6-9(4-5-17-8)13-10(14)7-12(2,3)11(15)16/h8-9H,4-7H2,1-3H3,(H,13,14)(H,15,16). The molecule has 2 unspecified atom stereocenters. The zero-order chi connectivity index (χ0) is 13.1. The molecule has 5 nitrogen and oxygen atoms in total. The molecule has 1 rings (SSSR count). The predicted octanol–water partition coefficient (Wildman–Crippen LogP) is 1.17. The molecule has 0 aliphatic carbocycles. The monoisotopic (exact) mass is 243 g/mol. The number of aliphatic carboxylic acids is 1. The first-order chi connectivity index (χ1) is 7.81. The second kappa shape index (κ2) is 5.49. The molecule has 0 aromatic rings. The van der Waals surface area contributed by atoms with Crippen LogP contribution in [0.15, 0.2) is 0 Å². The minimum atomic E-state index is -1.01. The second-order valence-electron chi connectivity index (χ2n) is 5.34.